The molecular weight excluding hydrogens is 525 g/mol. The number of aliphatic carboxylic acids is 1. The van der Waals surface area contributed by atoms with Crippen LogP contribution in [-0.2, 0) is 25.8 Å². The molecule has 0 saturated carbocycles. The van der Waals surface area contributed by atoms with E-state index >= 15 is 0 Å². The van der Waals surface area contributed by atoms with E-state index in [0.29, 0.717) is 11.3 Å². The van der Waals surface area contributed by atoms with Gasteiger partial charge in [-0.3, -0.25) is 14.5 Å². The summed E-state index contributed by atoms with van der Waals surface area (Å²) in [5.74, 6) is -2.55. The van der Waals surface area contributed by atoms with Crippen LogP contribution in [0.25, 0.3) is 5.52 Å². The highest BCUT2D eigenvalue weighted by atomic mass is 32.2. The van der Waals surface area contributed by atoms with Crippen molar-refractivity contribution in [2.45, 2.75) is 18.0 Å². The van der Waals surface area contributed by atoms with E-state index in [2.05, 4.69) is 15.5 Å². The summed E-state index contributed by atoms with van der Waals surface area (Å²) in [6, 6.07) is 4.68. The smallest absolute Gasteiger partial charge is 0.276 e. The normalized spacial score (nSPS) is 19.5. The van der Waals surface area contributed by atoms with Gasteiger partial charge in [0.25, 0.3) is 11.8 Å². The van der Waals surface area contributed by atoms with Crippen molar-refractivity contribution in [2.24, 2.45) is 5.16 Å². The van der Waals surface area contributed by atoms with E-state index in [-0.39, 0.29) is 35.4 Å². The van der Waals surface area contributed by atoms with Crippen LogP contribution in [0.4, 0.5) is 9.52 Å². The molecule has 3 N–H and O–H groups in total. The zero-order valence-electron chi connectivity index (χ0n) is 19.1. The molecule has 12 nitrogen and oxygen atoms in total. The van der Waals surface area contributed by atoms with Gasteiger partial charge in [-0.2, -0.15) is 0 Å². The number of nitrogen functional groups attached to an aromatic ring is 1. The minimum atomic E-state index is -1.47. The summed E-state index contributed by atoms with van der Waals surface area (Å²) in [5.41, 5.74) is 6.71. The third-order valence-corrected chi connectivity index (χ3v) is 7.71. The number of carbonyl (C=O) groups is 3. The predicted molar refractivity (Wildman–Crippen MR) is 130 cm³/mol. The third kappa shape index (κ3) is 4.74. The van der Waals surface area contributed by atoms with E-state index in [1.54, 1.807) is 0 Å². The number of rotatable bonds is 9. The van der Waals surface area contributed by atoms with Gasteiger partial charge in [0.05, 0.1) is 17.9 Å². The third-order valence-electron chi connectivity index (χ3n) is 5.70. The molecule has 2 aliphatic rings. The highest BCUT2D eigenvalue weighted by Gasteiger charge is 2.53. The molecule has 37 heavy (non-hydrogen) atoms. The lowest BCUT2D eigenvalue weighted by Gasteiger charge is -2.50. The number of thioether (sulfide) groups is 1. The number of hydrogen-bond donors (Lipinski definition) is 2. The summed E-state index contributed by atoms with van der Waals surface area (Å²) in [4.78, 5) is 48.0. The van der Waals surface area contributed by atoms with E-state index < -0.39 is 35.9 Å². The highest BCUT2D eigenvalue weighted by molar-refractivity contribution is 8.00. The van der Waals surface area contributed by atoms with Crippen LogP contribution in [0.2, 0.25) is 0 Å². The van der Waals surface area contributed by atoms with Crippen molar-refractivity contribution in [3.63, 3.8) is 0 Å². The Morgan fingerprint density at radius 3 is 2.95 bits per heavy atom. The van der Waals surface area contributed by atoms with Crippen LogP contribution in [-0.4, -0.2) is 68.2 Å². The molecule has 3 aromatic rings. The van der Waals surface area contributed by atoms with Crippen molar-refractivity contribution in [3.05, 3.63) is 59.3 Å². The van der Waals surface area contributed by atoms with Gasteiger partial charge >= 0.3 is 0 Å². The molecular formula is C22H20FN7O5S2. The van der Waals surface area contributed by atoms with Crippen LogP contribution >= 0.6 is 23.1 Å². The van der Waals surface area contributed by atoms with Gasteiger partial charge in [-0.05, 0) is 12.1 Å². The average Bonchev–Trinajstić information content (AvgIpc) is 3.50. The fourth-order valence-electron chi connectivity index (χ4n) is 4.10. The predicted octanol–water partition coefficient (Wildman–Crippen LogP) is -0.940. The summed E-state index contributed by atoms with van der Waals surface area (Å²) in [7, 11) is 0. The van der Waals surface area contributed by atoms with Gasteiger partial charge in [0, 0.05) is 16.7 Å². The van der Waals surface area contributed by atoms with Crippen molar-refractivity contribution >= 4 is 57.2 Å². The van der Waals surface area contributed by atoms with Crippen molar-refractivity contribution in [3.8, 4) is 0 Å². The number of nitrogens with zero attached hydrogens (tertiary/aromatic N) is 5. The van der Waals surface area contributed by atoms with Gasteiger partial charge in [0.1, 0.15) is 43.1 Å². The van der Waals surface area contributed by atoms with Crippen molar-refractivity contribution in [2.75, 3.05) is 24.8 Å². The number of anilines is 1. The van der Waals surface area contributed by atoms with E-state index in [1.807, 2.05) is 45.9 Å². The van der Waals surface area contributed by atoms with E-state index in [0.717, 1.165) is 21.8 Å². The van der Waals surface area contributed by atoms with Gasteiger partial charge in [-0.15, -0.1) is 23.1 Å². The first-order chi connectivity index (χ1) is 17.9. The second-order valence-electron chi connectivity index (χ2n) is 8.08. The molecule has 1 fully saturated rings. The number of β-lactam (4-membered cyclic amide) rings is 1. The second-order valence-corrected chi connectivity index (χ2v) is 10.1. The zero-order chi connectivity index (χ0) is 26.1. The summed E-state index contributed by atoms with van der Waals surface area (Å²) in [6.45, 7) is -0.937. The fraction of sp³-hybridized carbons (Fsp3) is 0.273. The molecule has 3 aromatic heterocycles. The Labute approximate surface area is 217 Å². The Kier molecular flexibility index (Phi) is 6.80. The minimum Gasteiger partial charge on any atom is -0.543 e. The van der Waals surface area contributed by atoms with Crippen LogP contribution in [0, 0.1) is 0 Å². The zero-order valence-corrected chi connectivity index (χ0v) is 20.7. The SMILES string of the molecule is Nc1nc(/C(=N/OCCF)C(=O)NC2C(=O)N3C(C(=O)[O-])=C(C[n+]4cc5ccccn5c4)CS[C@@H]23)cs1. The summed E-state index contributed by atoms with van der Waals surface area (Å²) >= 11 is 2.39. The summed E-state index contributed by atoms with van der Waals surface area (Å²) < 4.78 is 16.2. The maximum absolute atomic E-state index is 13.0. The van der Waals surface area contributed by atoms with Crippen LogP contribution in [0.5, 0.6) is 0 Å². The molecule has 2 amide bonds. The van der Waals surface area contributed by atoms with Crippen molar-refractivity contribution in [1.29, 1.82) is 0 Å². The molecule has 1 saturated heterocycles. The number of carboxylic acid groups (broad SMARTS) is 1. The number of nitrogens with one attached hydrogen (secondary N) is 1. The maximum atomic E-state index is 13.0. The maximum Gasteiger partial charge on any atom is 0.276 e. The number of halogens is 1. The molecule has 0 spiro atoms. The number of imidazole rings is 1. The lowest BCUT2D eigenvalue weighted by Crippen LogP contribution is -2.71. The Morgan fingerprint density at radius 2 is 2.24 bits per heavy atom. The number of carboxylic acids is 1. The van der Waals surface area contributed by atoms with Gasteiger partial charge in [-0.1, -0.05) is 11.2 Å². The van der Waals surface area contributed by atoms with Crippen LogP contribution < -0.4 is 20.7 Å². The topological polar surface area (TPSA) is 158 Å². The molecule has 1 unspecified atom stereocenters. The molecule has 192 valence electrons. The molecule has 5 heterocycles. The molecule has 0 aromatic carbocycles. The lowest BCUT2D eigenvalue weighted by molar-refractivity contribution is -0.687. The number of pyridine rings is 1. The van der Waals surface area contributed by atoms with Crippen molar-refractivity contribution < 1.29 is 33.3 Å². The Balaban J connectivity index is 1.34. The number of alkyl halides is 1. The van der Waals surface area contributed by atoms with E-state index in [4.69, 9.17) is 10.6 Å². The molecule has 0 radical (unpaired) electrons. The molecule has 2 atom stereocenters. The first-order valence-corrected chi connectivity index (χ1v) is 12.9. The summed E-state index contributed by atoms with van der Waals surface area (Å²) in [6.07, 6.45) is 5.57. The van der Waals surface area contributed by atoms with Crippen LogP contribution in [0.15, 0.2) is 58.7 Å². The van der Waals surface area contributed by atoms with E-state index in [9.17, 15) is 23.9 Å². The number of amides is 2. The number of carbonyl (C=O) groups excluding carboxylic acids is 3. The quantitative estimate of drug-likeness (QED) is 0.115. The van der Waals surface area contributed by atoms with Gasteiger partial charge < -0.3 is 25.8 Å². The molecule has 5 rings (SSSR count). The highest BCUT2D eigenvalue weighted by Crippen LogP contribution is 2.40. The fourth-order valence-corrected chi connectivity index (χ4v) is 5.98. The molecule has 2 aliphatic heterocycles. The average molecular weight is 546 g/mol. The number of oxime groups is 1. The van der Waals surface area contributed by atoms with Gasteiger partial charge in [0.2, 0.25) is 6.33 Å². The van der Waals surface area contributed by atoms with Gasteiger partial charge in [0.15, 0.2) is 16.4 Å². The molecule has 15 heteroatoms. The minimum absolute atomic E-state index is 0.105. The van der Waals surface area contributed by atoms with Crippen LogP contribution in [0.1, 0.15) is 5.69 Å². The number of aromatic nitrogens is 3. The second kappa shape index (κ2) is 10.2. The molecule has 0 bridgehead atoms. The number of thiazole rings is 1. The number of nitrogens with two attached hydrogens (primary N) is 1. The standard InChI is InChI=1S/C22H20FN7O5S2/c23-4-6-35-27-15(14-10-37-22(24)25-14)18(31)26-16-19(32)30-17(21(33)34)12(9-36-20(16)30)7-28-8-13-3-1-2-5-29(13)11-28/h1-3,5,8,10-11,16,20H,4,6-7,9H2,(H3-,24,25,26,31,33,34)/b27-15-/t16?,20-/m0/s1. The van der Waals surface area contributed by atoms with Crippen LogP contribution in [0.3, 0.4) is 0 Å². The van der Waals surface area contributed by atoms with Crippen molar-refractivity contribution in [1.82, 2.24) is 19.6 Å². The first kappa shape index (κ1) is 24.7. The Morgan fingerprint density at radius 1 is 1.41 bits per heavy atom. The number of hydrogen-bond acceptors (Lipinski definition) is 10. The number of fused-ring (bicyclic) bond motifs is 2. The first-order valence-electron chi connectivity index (χ1n) is 11.0. The Bertz CT molecular complexity index is 1420. The Hall–Kier alpha value is -3.98. The summed E-state index contributed by atoms with van der Waals surface area (Å²) in [5, 5.41) is 19.3. The largest absolute Gasteiger partial charge is 0.543 e. The molecule has 0 aliphatic carbocycles. The monoisotopic (exact) mass is 545 g/mol. The van der Waals surface area contributed by atoms with E-state index in [1.165, 1.54) is 17.1 Å². The lowest BCUT2D eigenvalue weighted by atomic mass is 10.0. The van der Waals surface area contributed by atoms with Gasteiger partial charge in [-0.25, -0.2) is 18.3 Å².